The van der Waals surface area contributed by atoms with Crippen LogP contribution in [0, 0.1) is 0 Å². The first kappa shape index (κ1) is 19.1. The molecule has 4 aromatic rings. The highest BCUT2D eigenvalue weighted by Crippen LogP contribution is 2.23. The number of Topliss-reactive ketones (excluding diaryl/α,β-unsaturated/α-hetero) is 1. The first-order chi connectivity index (χ1) is 12.8. The van der Waals surface area contributed by atoms with Gasteiger partial charge in [-0.3, -0.25) is 4.79 Å². The second-order valence-electron chi connectivity index (χ2n) is 6.18. The van der Waals surface area contributed by atoms with Crippen LogP contribution in [0.25, 0.3) is 21.8 Å². The van der Waals surface area contributed by atoms with Crippen molar-refractivity contribution in [3.8, 4) is 0 Å². The number of benzene rings is 3. The number of aromatic nitrogens is 2. The summed E-state index contributed by atoms with van der Waals surface area (Å²) in [6.45, 7) is 0.452. The predicted octanol–water partition coefficient (Wildman–Crippen LogP) is 4.12. The minimum atomic E-state index is 0. The zero-order valence-electron chi connectivity index (χ0n) is 14.6. The Morgan fingerprint density at radius 1 is 1.04 bits per heavy atom. The Kier molecular flexibility index (Phi) is 5.88. The van der Waals surface area contributed by atoms with Gasteiger partial charge in [0.25, 0.3) is 0 Å². The molecule has 6 heteroatoms. The number of para-hydroxylation sites is 1. The number of imidazole rings is 1. The number of carbonyl (C=O) groups is 1. The number of carbonyl (C=O) groups excluding carboxylic acids is 1. The third-order valence-corrected chi connectivity index (χ3v) is 4.44. The first-order valence-electron chi connectivity index (χ1n) is 8.59. The Labute approximate surface area is 167 Å². The molecule has 0 atom stereocenters. The fourth-order valence-corrected chi connectivity index (χ4v) is 3.23. The summed E-state index contributed by atoms with van der Waals surface area (Å²) in [4.78, 5) is 20.7. The SMILES string of the molecule is Br.O=C(Cc1cccc2[nH]c(NCCO)nc12)c1cccc2ccccc12. The molecule has 0 spiro atoms. The number of rotatable bonds is 6. The largest absolute Gasteiger partial charge is 0.395 e. The smallest absolute Gasteiger partial charge is 0.201 e. The van der Waals surface area contributed by atoms with Gasteiger partial charge in [-0.15, -0.1) is 17.0 Å². The zero-order chi connectivity index (χ0) is 17.9. The topological polar surface area (TPSA) is 78.0 Å². The quantitative estimate of drug-likeness (QED) is 0.406. The highest BCUT2D eigenvalue weighted by molar-refractivity contribution is 8.93. The summed E-state index contributed by atoms with van der Waals surface area (Å²) in [5.41, 5.74) is 3.26. The van der Waals surface area contributed by atoms with Gasteiger partial charge in [-0.2, -0.15) is 0 Å². The highest BCUT2D eigenvalue weighted by Gasteiger charge is 2.14. The molecular weight excluding hydrogens is 406 g/mol. The molecular formula is C21H20BrN3O2. The molecule has 0 saturated heterocycles. The normalized spacial score (nSPS) is 10.7. The maximum atomic E-state index is 13.0. The minimum Gasteiger partial charge on any atom is -0.395 e. The molecule has 1 heterocycles. The lowest BCUT2D eigenvalue weighted by atomic mass is 9.97. The number of hydrogen-bond acceptors (Lipinski definition) is 4. The third-order valence-electron chi connectivity index (χ3n) is 4.44. The van der Waals surface area contributed by atoms with Crippen LogP contribution in [0.2, 0.25) is 0 Å². The van der Waals surface area contributed by atoms with Crippen LogP contribution < -0.4 is 5.32 Å². The number of aliphatic hydroxyl groups excluding tert-OH is 1. The van der Waals surface area contributed by atoms with E-state index in [2.05, 4.69) is 15.3 Å². The molecule has 3 N–H and O–H groups in total. The number of ketones is 1. The van der Waals surface area contributed by atoms with Crippen LogP contribution in [0.4, 0.5) is 5.95 Å². The maximum absolute atomic E-state index is 13.0. The second kappa shape index (κ2) is 8.33. The van der Waals surface area contributed by atoms with E-state index in [0.29, 0.717) is 12.5 Å². The van der Waals surface area contributed by atoms with Gasteiger partial charge in [-0.25, -0.2) is 4.98 Å². The van der Waals surface area contributed by atoms with E-state index in [1.165, 1.54) is 0 Å². The number of nitrogens with zero attached hydrogens (tertiary/aromatic N) is 1. The van der Waals surface area contributed by atoms with Gasteiger partial charge in [0.2, 0.25) is 5.95 Å². The molecule has 0 unspecified atom stereocenters. The number of halogens is 1. The lowest BCUT2D eigenvalue weighted by molar-refractivity contribution is 0.0995. The Morgan fingerprint density at radius 2 is 1.81 bits per heavy atom. The first-order valence-corrected chi connectivity index (χ1v) is 8.59. The summed E-state index contributed by atoms with van der Waals surface area (Å²) in [5.74, 6) is 0.668. The third kappa shape index (κ3) is 3.86. The lowest BCUT2D eigenvalue weighted by Gasteiger charge is -2.06. The van der Waals surface area contributed by atoms with E-state index >= 15 is 0 Å². The molecule has 0 radical (unpaired) electrons. The van der Waals surface area contributed by atoms with Crippen molar-refractivity contribution in [1.82, 2.24) is 9.97 Å². The van der Waals surface area contributed by atoms with Gasteiger partial charge < -0.3 is 15.4 Å². The second-order valence-corrected chi connectivity index (χ2v) is 6.18. The average molecular weight is 426 g/mol. The van der Waals surface area contributed by atoms with E-state index < -0.39 is 0 Å². The summed E-state index contributed by atoms with van der Waals surface area (Å²) in [6.07, 6.45) is 0.287. The van der Waals surface area contributed by atoms with Gasteiger partial charge in [-0.1, -0.05) is 54.6 Å². The van der Waals surface area contributed by atoms with Crippen molar-refractivity contribution in [2.75, 3.05) is 18.5 Å². The van der Waals surface area contributed by atoms with Gasteiger partial charge in [0.05, 0.1) is 17.6 Å². The predicted molar refractivity (Wildman–Crippen MR) is 114 cm³/mol. The average Bonchev–Trinajstić information content (AvgIpc) is 3.10. The standard InChI is InChI=1S/C21H19N3O2.BrH/c25-12-11-22-21-23-18-10-4-7-15(20(18)24-21)13-19(26)17-9-3-6-14-5-1-2-8-16(14)17;/h1-10,25H,11-13H2,(H2,22,23,24);1H. The van der Waals surface area contributed by atoms with Gasteiger partial charge in [0, 0.05) is 18.5 Å². The molecule has 0 aliphatic heterocycles. The maximum Gasteiger partial charge on any atom is 0.201 e. The number of anilines is 1. The van der Waals surface area contributed by atoms with Crippen molar-refractivity contribution in [2.45, 2.75) is 6.42 Å². The van der Waals surface area contributed by atoms with Crippen LogP contribution in [-0.4, -0.2) is 34.0 Å². The van der Waals surface area contributed by atoms with Crippen LogP contribution >= 0.6 is 17.0 Å². The van der Waals surface area contributed by atoms with E-state index in [1.807, 2.05) is 60.7 Å². The van der Waals surface area contributed by atoms with Crippen molar-refractivity contribution in [3.63, 3.8) is 0 Å². The minimum absolute atomic E-state index is 0. The Balaban J connectivity index is 0.00000210. The fourth-order valence-electron chi connectivity index (χ4n) is 3.23. The summed E-state index contributed by atoms with van der Waals surface area (Å²) in [7, 11) is 0. The van der Waals surface area contributed by atoms with Crippen LogP contribution in [-0.2, 0) is 6.42 Å². The number of aliphatic hydroxyl groups is 1. The molecule has 0 bridgehead atoms. The van der Waals surface area contributed by atoms with E-state index in [9.17, 15) is 4.79 Å². The summed E-state index contributed by atoms with van der Waals surface area (Å²) in [6, 6.07) is 19.5. The van der Waals surface area contributed by atoms with E-state index in [0.717, 1.165) is 32.9 Å². The zero-order valence-corrected chi connectivity index (χ0v) is 16.3. The molecule has 0 amide bonds. The molecule has 3 aromatic carbocycles. The van der Waals surface area contributed by atoms with Crippen molar-refractivity contribution in [2.24, 2.45) is 0 Å². The molecule has 27 heavy (non-hydrogen) atoms. The van der Waals surface area contributed by atoms with Gasteiger partial charge in [0.1, 0.15) is 0 Å². The van der Waals surface area contributed by atoms with Gasteiger partial charge in [-0.05, 0) is 22.4 Å². The molecule has 138 valence electrons. The van der Waals surface area contributed by atoms with E-state index in [-0.39, 0.29) is 35.8 Å². The fraction of sp³-hybridized carbons (Fsp3) is 0.143. The number of fused-ring (bicyclic) bond motifs is 2. The summed E-state index contributed by atoms with van der Waals surface area (Å²) < 4.78 is 0. The molecule has 0 saturated carbocycles. The van der Waals surface area contributed by atoms with Crippen LogP contribution in [0.1, 0.15) is 15.9 Å². The monoisotopic (exact) mass is 425 g/mol. The molecule has 0 aliphatic rings. The van der Waals surface area contributed by atoms with Crippen molar-refractivity contribution in [1.29, 1.82) is 0 Å². The van der Waals surface area contributed by atoms with Crippen molar-refractivity contribution in [3.05, 3.63) is 71.8 Å². The Morgan fingerprint density at radius 3 is 2.67 bits per heavy atom. The Hall–Kier alpha value is -2.70. The molecule has 0 aliphatic carbocycles. The number of aromatic amines is 1. The van der Waals surface area contributed by atoms with Crippen LogP contribution in [0.15, 0.2) is 60.7 Å². The van der Waals surface area contributed by atoms with E-state index in [1.54, 1.807) is 0 Å². The number of nitrogens with one attached hydrogen (secondary N) is 2. The van der Waals surface area contributed by atoms with Crippen LogP contribution in [0.3, 0.4) is 0 Å². The molecule has 0 fully saturated rings. The lowest BCUT2D eigenvalue weighted by Crippen LogP contribution is -2.06. The summed E-state index contributed by atoms with van der Waals surface area (Å²) >= 11 is 0. The number of H-pyrrole nitrogens is 1. The summed E-state index contributed by atoms with van der Waals surface area (Å²) in [5, 5.41) is 14.0. The highest BCUT2D eigenvalue weighted by atomic mass is 79.9. The van der Waals surface area contributed by atoms with Gasteiger partial charge in [0.15, 0.2) is 5.78 Å². The number of hydrogen-bond donors (Lipinski definition) is 3. The van der Waals surface area contributed by atoms with Crippen molar-refractivity contribution >= 4 is 50.5 Å². The van der Waals surface area contributed by atoms with Crippen LogP contribution in [0.5, 0.6) is 0 Å². The molecule has 5 nitrogen and oxygen atoms in total. The Bertz CT molecular complexity index is 1090. The molecule has 1 aromatic heterocycles. The van der Waals surface area contributed by atoms with Crippen molar-refractivity contribution < 1.29 is 9.90 Å². The van der Waals surface area contributed by atoms with Gasteiger partial charge >= 0.3 is 0 Å². The van der Waals surface area contributed by atoms with E-state index in [4.69, 9.17) is 5.11 Å². The molecule has 4 rings (SSSR count).